The molecule has 2 nitrogen and oxygen atoms in total. The molecule has 0 aliphatic heterocycles. The van der Waals surface area contributed by atoms with E-state index in [4.69, 9.17) is 5.11 Å². The number of aliphatic hydroxyl groups excluding tert-OH is 1. The SMILES string of the molecule is OCCN(CCc1ccccc1)CC(F)(F)F. The number of benzene rings is 1. The second kappa shape index (κ2) is 6.61. The summed E-state index contributed by atoms with van der Waals surface area (Å²) < 4.78 is 36.7. The van der Waals surface area contributed by atoms with E-state index in [9.17, 15) is 13.2 Å². The van der Waals surface area contributed by atoms with E-state index < -0.39 is 12.7 Å². The van der Waals surface area contributed by atoms with Crippen LogP contribution in [0.4, 0.5) is 13.2 Å². The molecule has 0 fully saturated rings. The molecular formula is C12H16F3NO. The van der Waals surface area contributed by atoms with Crippen molar-refractivity contribution in [3.05, 3.63) is 35.9 Å². The zero-order valence-corrected chi connectivity index (χ0v) is 9.45. The Kier molecular flexibility index (Phi) is 5.44. The fourth-order valence-electron chi connectivity index (χ4n) is 1.60. The predicted molar refractivity (Wildman–Crippen MR) is 59.7 cm³/mol. The smallest absolute Gasteiger partial charge is 0.395 e. The summed E-state index contributed by atoms with van der Waals surface area (Å²) in [4.78, 5) is 1.22. The van der Waals surface area contributed by atoms with Crippen molar-refractivity contribution in [2.75, 3.05) is 26.2 Å². The normalized spacial score (nSPS) is 12.1. The molecule has 0 bridgehead atoms. The van der Waals surface area contributed by atoms with Gasteiger partial charge in [-0.1, -0.05) is 30.3 Å². The highest BCUT2D eigenvalue weighted by molar-refractivity contribution is 5.14. The Bertz CT molecular complexity index is 313. The summed E-state index contributed by atoms with van der Waals surface area (Å²) in [6.07, 6.45) is -3.66. The van der Waals surface area contributed by atoms with E-state index in [0.29, 0.717) is 13.0 Å². The minimum Gasteiger partial charge on any atom is -0.395 e. The Morgan fingerprint density at radius 3 is 2.24 bits per heavy atom. The van der Waals surface area contributed by atoms with Crippen LogP contribution >= 0.6 is 0 Å². The maximum Gasteiger partial charge on any atom is 0.401 e. The lowest BCUT2D eigenvalue weighted by Gasteiger charge is -2.22. The molecule has 17 heavy (non-hydrogen) atoms. The van der Waals surface area contributed by atoms with Gasteiger partial charge in [-0.15, -0.1) is 0 Å². The van der Waals surface area contributed by atoms with Crippen LogP contribution in [-0.2, 0) is 6.42 Å². The van der Waals surface area contributed by atoms with Crippen LogP contribution in [0.25, 0.3) is 0 Å². The molecule has 5 heteroatoms. The van der Waals surface area contributed by atoms with E-state index in [1.807, 2.05) is 30.3 Å². The lowest BCUT2D eigenvalue weighted by Crippen LogP contribution is -2.37. The highest BCUT2D eigenvalue weighted by Crippen LogP contribution is 2.16. The van der Waals surface area contributed by atoms with Crippen molar-refractivity contribution in [1.29, 1.82) is 0 Å². The van der Waals surface area contributed by atoms with Gasteiger partial charge < -0.3 is 5.11 Å². The molecule has 0 aromatic heterocycles. The van der Waals surface area contributed by atoms with Gasteiger partial charge in [-0.3, -0.25) is 4.90 Å². The topological polar surface area (TPSA) is 23.5 Å². The van der Waals surface area contributed by atoms with Crippen molar-refractivity contribution in [2.24, 2.45) is 0 Å². The monoisotopic (exact) mass is 247 g/mol. The van der Waals surface area contributed by atoms with Crippen molar-refractivity contribution in [3.63, 3.8) is 0 Å². The minimum atomic E-state index is -4.22. The summed E-state index contributed by atoms with van der Waals surface area (Å²) in [6, 6.07) is 9.34. The molecule has 1 aromatic carbocycles. The standard InChI is InChI=1S/C12H16F3NO/c13-12(14,15)10-16(8-9-17)7-6-11-4-2-1-3-5-11/h1-5,17H,6-10H2. The van der Waals surface area contributed by atoms with E-state index in [2.05, 4.69) is 0 Å². The second-order valence-corrected chi connectivity index (χ2v) is 3.85. The Hall–Kier alpha value is -1.07. The quantitative estimate of drug-likeness (QED) is 0.832. The molecule has 0 saturated carbocycles. The van der Waals surface area contributed by atoms with E-state index in [1.165, 1.54) is 4.90 Å². The first kappa shape index (κ1) is 14.0. The highest BCUT2D eigenvalue weighted by Gasteiger charge is 2.30. The lowest BCUT2D eigenvalue weighted by molar-refractivity contribution is -0.146. The molecule has 0 unspecified atom stereocenters. The average Bonchev–Trinajstić information content (AvgIpc) is 2.26. The molecule has 0 heterocycles. The van der Waals surface area contributed by atoms with Gasteiger partial charge in [0.1, 0.15) is 0 Å². The zero-order valence-electron chi connectivity index (χ0n) is 9.45. The first-order valence-corrected chi connectivity index (χ1v) is 5.45. The van der Waals surface area contributed by atoms with Gasteiger partial charge in [-0.25, -0.2) is 0 Å². The third-order valence-electron chi connectivity index (χ3n) is 2.38. The molecule has 1 N–H and O–H groups in total. The summed E-state index contributed by atoms with van der Waals surface area (Å²) in [7, 11) is 0. The van der Waals surface area contributed by atoms with Crippen LogP contribution in [0.2, 0.25) is 0 Å². The van der Waals surface area contributed by atoms with Gasteiger partial charge in [-0.05, 0) is 12.0 Å². The van der Waals surface area contributed by atoms with Gasteiger partial charge in [0.15, 0.2) is 0 Å². The molecule has 0 radical (unpaired) electrons. The molecular weight excluding hydrogens is 231 g/mol. The summed E-state index contributed by atoms with van der Waals surface area (Å²) >= 11 is 0. The summed E-state index contributed by atoms with van der Waals surface area (Å²) in [6.45, 7) is -0.887. The van der Waals surface area contributed by atoms with Crippen molar-refractivity contribution >= 4 is 0 Å². The van der Waals surface area contributed by atoms with Crippen LogP contribution < -0.4 is 0 Å². The molecule has 0 amide bonds. The number of rotatable bonds is 6. The van der Waals surface area contributed by atoms with E-state index in [0.717, 1.165) is 5.56 Å². The maximum atomic E-state index is 12.2. The molecule has 0 aliphatic rings. The summed E-state index contributed by atoms with van der Waals surface area (Å²) in [5, 5.41) is 8.72. The highest BCUT2D eigenvalue weighted by atomic mass is 19.4. The van der Waals surface area contributed by atoms with Gasteiger partial charge in [0, 0.05) is 13.1 Å². The third kappa shape index (κ3) is 6.28. The van der Waals surface area contributed by atoms with Crippen LogP contribution in [0.5, 0.6) is 0 Å². The van der Waals surface area contributed by atoms with Crippen molar-refractivity contribution in [3.8, 4) is 0 Å². The number of aliphatic hydroxyl groups is 1. The van der Waals surface area contributed by atoms with Crippen LogP contribution in [0.1, 0.15) is 5.56 Å². The second-order valence-electron chi connectivity index (χ2n) is 3.85. The molecule has 1 rings (SSSR count). The summed E-state index contributed by atoms with van der Waals surface area (Å²) in [5.41, 5.74) is 0.998. The molecule has 0 atom stereocenters. The lowest BCUT2D eigenvalue weighted by atomic mass is 10.1. The first-order valence-electron chi connectivity index (χ1n) is 5.45. The number of hydrogen-bond donors (Lipinski definition) is 1. The first-order chi connectivity index (χ1) is 8.01. The fourth-order valence-corrected chi connectivity index (χ4v) is 1.60. The third-order valence-corrected chi connectivity index (χ3v) is 2.38. The average molecular weight is 247 g/mol. The van der Waals surface area contributed by atoms with E-state index in [-0.39, 0.29) is 13.2 Å². The number of nitrogens with zero attached hydrogens (tertiary/aromatic N) is 1. The van der Waals surface area contributed by atoms with Gasteiger partial charge in [0.05, 0.1) is 13.2 Å². The number of halogens is 3. The van der Waals surface area contributed by atoms with Crippen LogP contribution in [0.3, 0.4) is 0 Å². The minimum absolute atomic E-state index is 0.0480. The molecule has 1 aromatic rings. The fraction of sp³-hybridized carbons (Fsp3) is 0.500. The Morgan fingerprint density at radius 2 is 1.71 bits per heavy atom. The molecule has 96 valence electrons. The zero-order chi connectivity index (χ0) is 12.7. The van der Waals surface area contributed by atoms with Crippen LogP contribution in [0, 0.1) is 0 Å². The molecule has 0 aliphatic carbocycles. The Labute approximate surface area is 98.7 Å². The number of alkyl halides is 3. The maximum absolute atomic E-state index is 12.2. The van der Waals surface area contributed by atoms with E-state index >= 15 is 0 Å². The van der Waals surface area contributed by atoms with Crippen LogP contribution in [0.15, 0.2) is 30.3 Å². The van der Waals surface area contributed by atoms with Gasteiger partial charge >= 0.3 is 6.18 Å². The Balaban J connectivity index is 2.44. The van der Waals surface area contributed by atoms with E-state index in [1.54, 1.807) is 0 Å². The van der Waals surface area contributed by atoms with Crippen molar-refractivity contribution in [1.82, 2.24) is 4.90 Å². The predicted octanol–water partition coefficient (Wildman–Crippen LogP) is 2.09. The molecule has 0 spiro atoms. The van der Waals surface area contributed by atoms with Gasteiger partial charge in [0.2, 0.25) is 0 Å². The van der Waals surface area contributed by atoms with Crippen LogP contribution in [-0.4, -0.2) is 42.4 Å². The van der Waals surface area contributed by atoms with Gasteiger partial charge in [-0.2, -0.15) is 13.2 Å². The molecule has 0 saturated heterocycles. The van der Waals surface area contributed by atoms with Crippen molar-refractivity contribution < 1.29 is 18.3 Å². The van der Waals surface area contributed by atoms with Gasteiger partial charge in [0.25, 0.3) is 0 Å². The Morgan fingerprint density at radius 1 is 1.06 bits per heavy atom. The largest absolute Gasteiger partial charge is 0.401 e. The summed E-state index contributed by atoms with van der Waals surface area (Å²) in [5.74, 6) is 0. The number of hydrogen-bond acceptors (Lipinski definition) is 2. The van der Waals surface area contributed by atoms with Crippen molar-refractivity contribution in [2.45, 2.75) is 12.6 Å².